The predicted molar refractivity (Wildman–Crippen MR) is 102 cm³/mol. The van der Waals surface area contributed by atoms with Crippen LogP contribution in [0.2, 0.25) is 0 Å². The zero-order chi connectivity index (χ0) is 22.2. The summed E-state index contributed by atoms with van der Waals surface area (Å²) < 4.78 is 44.6. The first-order valence-corrected chi connectivity index (χ1v) is 10.4. The quantitative estimate of drug-likeness (QED) is 0.728. The van der Waals surface area contributed by atoms with Crippen LogP contribution in [0.15, 0.2) is 34.1 Å². The number of furan rings is 1. The lowest BCUT2D eigenvalue weighted by Gasteiger charge is -2.49. The molecule has 31 heavy (non-hydrogen) atoms. The second-order valence-corrected chi connectivity index (χ2v) is 8.14. The van der Waals surface area contributed by atoms with E-state index in [2.05, 4.69) is 0 Å². The van der Waals surface area contributed by atoms with Crippen LogP contribution in [-0.2, 0) is 4.79 Å². The van der Waals surface area contributed by atoms with E-state index in [1.54, 1.807) is 17.0 Å². The summed E-state index contributed by atoms with van der Waals surface area (Å²) in [4.78, 5) is 29.8. The monoisotopic (exact) mass is 436 g/mol. The lowest BCUT2D eigenvalue weighted by atomic mass is 9.76. The number of nitriles is 1. The summed E-state index contributed by atoms with van der Waals surface area (Å²) in [5.74, 6) is -1.12. The van der Waals surface area contributed by atoms with Gasteiger partial charge in [-0.15, -0.1) is 0 Å². The van der Waals surface area contributed by atoms with E-state index in [4.69, 9.17) is 4.42 Å². The Morgan fingerprint density at radius 1 is 1.19 bits per heavy atom. The minimum absolute atomic E-state index is 0.196. The van der Waals surface area contributed by atoms with Gasteiger partial charge in [0.15, 0.2) is 5.76 Å². The summed E-state index contributed by atoms with van der Waals surface area (Å²) in [7, 11) is 0. The number of nitrogens with zero attached hydrogens (tertiary/aromatic N) is 4. The Hall–Kier alpha value is -2.96. The predicted octanol–water partition coefficient (Wildman–Crippen LogP) is 2.78. The Morgan fingerprint density at radius 3 is 2.52 bits per heavy atom. The Bertz CT molecular complexity index is 911. The average Bonchev–Trinajstić information content (AvgIpc) is 3.29. The van der Waals surface area contributed by atoms with Crippen molar-refractivity contribution in [3.05, 3.63) is 35.4 Å². The molecule has 2 amide bonds. The third kappa shape index (κ3) is 4.13. The molecule has 0 bridgehead atoms. The summed E-state index contributed by atoms with van der Waals surface area (Å²) in [6.45, 7) is 0.224. The van der Waals surface area contributed by atoms with Crippen molar-refractivity contribution in [3.8, 4) is 6.07 Å². The van der Waals surface area contributed by atoms with Gasteiger partial charge in [0, 0.05) is 43.8 Å². The molecule has 1 saturated heterocycles. The zero-order valence-electron chi connectivity index (χ0n) is 16.9. The van der Waals surface area contributed by atoms with E-state index in [0.717, 1.165) is 17.7 Å². The fraction of sp³-hybridized carbons (Fsp3) is 0.571. The van der Waals surface area contributed by atoms with Gasteiger partial charge in [0.1, 0.15) is 18.2 Å². The summed E-state index contributed by atoms with van der Waals surface area (Å²) in [6, 6.07) is 4.56. The van der Waals surface area contributed by atoms with Crippen molar-refractivity contribution in [2.24, 2.45) is 5.92 Å². The second kappa shape index (κ2) is 8.29. The molecule has 3 heterocycles. The number of hydrogen-bond donors (Lipinski definition) is 0. The minimum atomic E-state index is -4.52. The summed E-state index contributed by atoms with van der Waals surface area (Å²) in [5, 5.41) is 9.69. The van der Waals surface area contributed by atoms with Gasteiger partial charge in [-0.05, 0) is 25.0 Å². The number of alkyl halides is 3. The van der Waals surface area contributed by atoms with Crippen molar-refractivity contribution in [1.82, 2.24) is 14.7 Å². The van der Waals surface area contributed by atoms with Gasteiger partial charge in [-0.3, -0.25) is 9.59 Å². The maximum absolute atomic E-state index is 13.1. The second-order valence-electron chi connectivity index (χ2n) is 8.14. The first-order valence-electron chi connectivity index (χ1n) is 10.4. The van der Waals surface area contributed by atoms with Crippen molar-refractivity contribution >= 4 is 11.8 Å². The van der Waals surface area contributed by atoms with Crippen LogP contribution in [0.5, 0.6) is 0 Å². The van der Waals surface area contributed by atoms with E-state index in [9.17, 15) is 28.0 Å². The van der Waals surface area contributed by atoms with Gasteiger partial charge in [-0.1, -0.05) is 12.8 Å². The molecule has 1 aromatic rings. The fourth-order valence-electron chi connectivity index (χ4n) is 4.98. The number of rotatable bonds is 3. The number of piperazine rings is 1. The van der Waals surface area contributed by atoms with Gasteiger partial charge >= 0.3 is 6.18 Å². The topological polar surface area (TPSA) is 80.8 Å². The third-order valence-corrected chi connectivity index (χ3v) is 6.31. The molecule has 0 radical (unpaired) electrons. The Balaban J connectivity index is 1.58. The van der Waals surface area contributed by atoms with E-state index < -0.39 is 24.7 Å². The molecule has 10 heteroatoms. The number of carbonyl (C=O) groups excluding carboxylic acids is 2. The van der Waals surface area contributed by atoms with Crippen LogP contribution in [0.4, 0.5) is 13.2 Å². The Kier molecular flexibility index (Phi) is 5.69. The van der Waals surface area contributed by atoms with E-state index in [0.29, 0.717) is 44.7 Å². The fourth-order valence-corrected chi connectivity index (χ4v) is 4.98. The first-order chi connectivity index (χ1) is 14.8. The van der Waals surface area contributed by atoms with Crippen LogP contribution < -0.4 is 0 Å². The SMILES string of the molecule is N#CC1=C(N2CCN(C(=O)c3ccco3)CC2)C2CCCCC2N(CC(F)(F)F)C1=O. The molecule has 7 nitrogen and oxygen atoms in total. The number of carbonyl (C=O) groups is 2. The minimum Gasteiger partial charge on any atom is -0.459 e. The van der Waals surface area contributed by atoms with E-state index in [1.807, 2.05) is 11.0 Å². The van der Waals surface area contributed by atoms with Gasteiger partial charge in [-0.25, -0.2) is 0 Å². The van der Waals surface area contributed by atoms with Crippen molar-refractivity contribution in [2.75, 3.05) is 32.7 Å². The summed E-state index contributed by atoms with van der Waals surface area (Å²) in [6.07, 6.45) is -0.369. The van der Waals surface area contributed by atoms with Crippen molar-refractivity contribution in [3.63, 3.8) is 0 Å². The van der Waals surface area contributed by atoms with Gasteiger partial charge in [0.25, 0.3) is 11.8 Å². The molecule has 0 N–H and O–H groups in total. The van der Waals surface area contributed by atoms with Crippen LogP contribution in [0.25, 0.3) is 0 Å². The first kappa shape index (κ1) is 21.3. The highest BCUT2D eigenvalue weighted by molar-refractivity contribution is 5.99. The van der Waals surface area contributed by atoms with Crippen LogP contribution in [-0.4, -0.2) is 71.5 Å². The van der Waals surface area contributed by atoms with E-state index >= 15 is 0 Å². The van der Waals surface area contributed by atoms with Crippen LogP contribution in [0.3, 0.4) is 0 Å². The van der Waals surface area contributed by atoms with Gasteiger partial charge in [-0.2, -0.15) is 18.4 Å². The normalized spacial score (nSPS) is 24.8. The molecule has 0 aromatic carbocycles. The van der Waals surface area contributed by atoms with Crippen LogP contribution in [0.1, 0.15) is 36.2 Å². The van der Waals surface area contributed by atoms with Crippen molar-refractivity contribution in [2.45, 2.75) is 37.9 Å². The smallest absolute Gasteiger partial charge is 0.406 e. The van der Waals surface area contributed by atoms with E-state index in [1.165, 1.54) is 6.26 Å². The summed E-state index contributed by atoms with van der Waals surface area (Å²) in [5.41, 5.74) is 0.360. The largest absolute Gasteiger partial charge is 0.459 e. The van der Waals surface area contributed by atoms with Crippen LogP contribution in [0, 0.1) is 17.2 Å². The Labute approximate surface area is 177 Å². The van der Waals surface area contributed by atoms with Gasteiger partial charge < -0.3 is 19.1 Å². The maximum Gasteiger partial charge on any atom is 0.406 e. The average molecular weight is 436 g/mol. The molecule has 0 spiro atoms. The highest BCUT2D eigenvalue weighted by Gasteiger charge is 2.48. The van der Waals surface area contributed by atoms with Gasteiger partial charge in [0.2, 0.25) is 0 Å². The standard InChI is InChI=1S/C21H23F3N4O3/c22-21(23,24)13-28-16-5-2-1-4-14(16)18(15(12-25)19(28)29)26-7-9-27(10-8-26)20(30)17-6-3-11-31-17/h3,6,11,14,16H,1-2,4-5,7-10,13H2. The number of amides is 2. The molecule has 1 saturated carbocycles. The van der Waals surface area contributed by atoms with E-state index in [-0.39, 0.29) is 23.2 Å². The molecule has 2 unspecified atom stereocenters. The molecule has 4 rings (SSSR count). The maximum atomic E-state index is 13.1. The molecule has 1 aliphatic carbocycles. The van der Waals surface area contributed by atoms with Crippen LogP contribution >= 0.6 is 0 Å². The number of fused-ring (bicyclic) bond motifs is 1. The highest BCUT2D eigenvalue weighted by atomic mass is 19.4. The molecular formula is C21H23F3N4O3. The third-order valence-electron chi connectivity index (χ3n) is 6.31. The number of hydrogen-bond acceptors (Lipinski definition) is 5. The molecule has 3 aliphatic rings. The Morgan fingerprint density at radius 2 is 1.90 bits per heavy atom. The van der Waals surface area contributed by atoms with Crippen molar-refractivity contribution < 1.29 is 27.2 Å². The molecule has 2 fully saturated rings. The molecule has 1 aromatic heterocycles. The van der Waals surface area contributed by atoms with Gasteiger partial charge in [0.05, 0.1) is 6.26 Å². The molecule has 166 valence electrons. The molecule has 2 aliphatic heterocycles. The summed E-state index contributed by atoms with van der Waals surface area (Å²) >= 11 is 0. The molecular weight excluding hydrogens is 413 g/mol. The lowest BCUT2D eigenvalue weighted by molar-refractivity contribution is -0.168. The molecule has 2 atom stereocenters. The zero-order valence-corrected chi connectivity index (χ0v) is 16.9. The van der Waals surface area contributed by atoms with Crippen molar-refractivity contribution in [1.29, 1.82) is 5.26 Å². The lowest BCUT2D eigenvalue weighted by Crippen LogP contribution is -2.57. The highest BCUT2D eigenvalue weighted by Crippen LogP contribution is 2.42. The number of halogens is 3.